The third-order valence-corrected chi connectivity index (χ3v) is 4.17. The van der Waals surface area contributed by atoms with Gasteiger partial charge in [-0.05, 0) is 37.0 Å². The molecule has 1 aliphatic carbocycles. The Morgan fingerprint density at radius 3 is 2.57 bits per heavy atom. The number of alkyl halides is 3. The molecule has 1 aliphatic rings. The fraction of sp³-hybridized carbons (Fsp3) is 0.625. The molecule has 2 nitrogen and oxygen atoms in total. The molecule has 0 radical (unpaired) electrons. The van der Waals surface area contributed by atoms with Crippen LogP contribution >= 0.6 is 0 Å². The molecule has 2 rings (SSSR count). The number of aliphatic hydroxyl groups excluding tert-OH is 1. The molecule has 5 heteroatoms. The molecule has 0 amide bonds. The molecule has 0 heterocycles. The van der Waals surface area contributed by atoms with Gasteiger partial charge in [-0.2, -0.15) is 13.2 Å². The lowest BCUT2D eigenvalue weighted by Gasteiger charge is -2.18. The zero-order chi connectivity index (χ0) is 15.5. The molecule has 1 saturated carbocycles. The molecule has 0 aromatic heterocycles. The number of hydrogen-bond acceptors (Lipinski definition) is 2. The quantitative estimate of drug-likeness (QED) is 0.846. The fourth-order valence-corrected chi connectivity index (χ4v) is 2.93. The number of halogens is 3. The van der Waals surface area contributed by atoms with Crippen LogP contribution in [0.2, 0.25) is 0 Å². The maximum atomic E-state index is 12.7. The smallest absolute Gasteiger partial charge is 0.391 e. The highest BCUT2D eigenvalue weighted by molar-refractivity contribution is 5.53. The zero-order valence-electron chi connectivity index (χ0n) is 12.2. The van der Waals surface area contributed by atoms with Gasteiger partial charge in [-0.25, -0.2) is 0 Å². The molecule has 1 atom stereocenters. The van der Waals surface area contributed by atoms with Crippen LogP contribution in [0.25, 0.3) is 0 Å². The summed E-state index contributed by atoms with van der Waals surface area (Å²) in [7, 11) is 0. The monoisotopic (exact) mass is 301 g/mol. The van der Waals surface area contributed by atoms with E-state index in [9.17, 15) is 18.3 Å². The van der Waals surface area contributed by atoms with Crippen molar-refractivity contribution in [3.63, 3.8) is 0 Å². The summed E-state index contributed by atoms with van der Waals surface area (Å²) in [6.45, 7) is 2.05. The van der Waals surface area contributed by atoms with E-state index in [1.54, 1.807) is 6.92 Å². The Labute approximate surface area is 123 Å². The van der Waals surface area contributed by atoms with E-state index in [0.717, 1.165) is 37.0 Å². The van der Waals surface area contributed by atoms with E-state index in [0.29, 0.717) is 18.2 Å². The van der Waals surface area contributed by atoms with E-state index in [2.05, 4.69) is 5.32 Å². The van der Waals surface area contributed by atoms with Crippen molar-refractivity contribution in [1.82, 2.24) is 0 Å². The van der Waals surface area contributed by atoms with Crippen molar-refractivity contribution < 1.29 is 18.3 Å². The molecule has 0 saturated heterocycles. The van der Waals surface area contributed by atoms with Crippen LogP contribution in [0.1, 0.15) is 43.2 Å². The average Bonchev–Trinajstić information content (AvgIpc) is 2.89. The number of rotatable bonds is 5. The highest BCUT2D eigenvalue weighted by Crippen LogP contribution is 2.32. The molecule has 1 unspecified atom stereocenters. The van der Waals surface area contributed by atoms with E-state index in [1.807, 2.05) is 0 Å². The zero-order valence-corrected chi connectivity index (χ0v) is 12.2. The van der Waals surface area contributed by atoms with Gasteiger partial charge in [0.15, 0.2) is 0 Å². The van der Waals surface area contributed by atoms with Crippen molar-refractivity contribution in [3.05, 3.63) is 29.3 Å². The summed E-state index contributed by atoms with van der Waals surface area (Å²) < 4.78 is 38.1. The summed E-state index contributed by atoms with van der Waals surface area (Å²) in [6, 6.07) is 3.64. The summed E-state index contributed by atoms with van der Waals surface area (Å²) in [5.74, 6) is 0.560. The Bertz CT molecular complexity index is 467. The number of nitrogens with one attached hydrogen (secondary N) is 1. The minimum absolute atomic E-state index is 0.290. The van der Waals surface area contributed by atoms with Gasteiger partial charge in [0, 0.05) is 12.2 Å². The first-order valence-electron chi connectivity index (χ1n) is 7.46. The molecule has 1 aromatic carbocycles. The van der Waals surface area contributed by atoms with Crippen molar-refractivity contribution in [2.75, 3.05) is 11.9 Å². The lowest BCUT2D eigenvalue weighted by Crippen LogP contribution is -2.22. The third-order valence-electron chi connectivity index (χ3n) is 4.17. The van der Waals surface area contributed by atoms with Gasteiger partial charge in [-0.3, -0.25) is 0 Å². The van der Waals surface area contributed by atoms with Crippen LogP contribution in [0.3, 0.4) is 0 Å². The first kappa shape index (κ1) is 16.1. The van der Waals surface area contributed by atoms with Gasteiger partial charge in [-0.15, -0.1) is 0 Å². The van der Waals surface area contributed by atoms with Crippen molar-refractivity contribution in [1.29, 1.82) is 0 Å². The van der Waals surface area contributed by atoms with Crippen LogP contribution in [-0.2, 0) is 6.18 Å². The predicted molar refractivity (Wildman–Crippen MR) is 77.3 cm³/mol. The van der Waals surface area contributed by atoms with Crippen LogP contribution in [0, 0.1) is 12.8 Å². The van der Waals surface area contributed by atoms with Gasteiger partial charge < -0.3 is 10.4 Å². The number of anilines is 1. The fourth-order valence-electron chi connectivity index (χ4n) is 2.93. The van der Waals surface area contributed by atoms with E-state index in [1.165, 1.54) is 18.9 Å². The molecule has 0 aliphatic heterocycles. The molecular weight excluding hydrogens is 279 g/mol. The maximum Gasteiger partial charge on any atom is 0.416 e. The molecule has 1 fully saturated rings. The molecular formula is C16H22F3NO. The SMILES string of the molecule is Cc1ccc(C(F)(F)F)cc1NCC(O)CC1CCCC1. The predicted octanol–water partition coefficient (Wildman–Crippen LogP) is 4.37. The maximum absolute atomic E-state index is 12.7. The highest BCUT2D eigenvalue weighted by Gasteiger charge is 2.30. The molecule has 1 aromatic rings. The average molecular weight is 301 g/mol. The molecule has 2 N–H and O–H groups in total. The Morgan fingerprint density at radius 2 is 1.95 bits per heavy atom. The second-order valence-corrected chi connectivity index (χ2v) is 5.95. The van der Waals surface area contributed by atoms with E-state index in [-0.39, 0.29) is 0 Å². The summed E-state index contributed by atoms with van der Waals surface area (Å²) in [5, 5.41) is 13.0. The Kier molecular flexibility index (Phi) is 5.14. The van der Waals surface area contributed by atoms with Gasteiger partial charge >= 0.3 is 6.18 Å². The second-order valence-electron chi connectivity index (χ2n) is 5.95. The first-order valence-corrected chi connectivity index (χ1v) is 7.46. The highest BCUT2D eigenvalue weighted by atomic mass is 19.4. The molecule has 0 spiro atoms. The van der Waals surface area contributed by atoms with Gasteiger partial charge in [0.25, 0.3) is 0 Å². The first-order chi connectivity index (χ1) is 9.86. The van der Waals surface area contributed by atoms with Crippen LogP contribution in [0.5, 0.6) is 0 Å². The lowest BCUT2D eigenvalue weighted by molar-refractivity contribution is -0.137. The number of aryl methyl sites for hydroxylation is 1. The van der Waals surface area contributed by atoms with E-state index in [4.69, 9.17) is 0 Å². The second kappa shape index (κ2) is 6.69. The minimum atomic E-state index is -4.34. The van der Waals surface area contributed by atoms with Crippen LogP contribution in [-0.4, -0.2) is 17.8 Å². The van der Waals surface area contributed by atoms with Gasteiger partial charge in [0.05, 0.1) is 11.7 Å². The standard InChI is InChI=1S/C16H22F3NO/c1-11-6-7-13(16(17,18)19)9-15(11)20-10-14(21)8-12-4-2-3-5-12/h6-7,9,12,14,20-21H,2-5,8,10H2,1H3. The van der Waals surface area contributed by atoms with Gasteiger partial charge in [-0.1, -0.05) is 31.7 Å². The van der Waals surface area contributed by atoms with Crippen molar-refractivity contribution in [2.24, 2.45) is 5.92 Å². The summed E-state index contributed by atoms with van der Waals surface area (Å²) in [4.78, 5) is 0. The molecule has 0 bridgehead atoms. The number of aliphatic hydroxyl groups is 1. The summed E-state index contributed by atoms with van der Waals surface area (Å²) in [6.07, 6.45) is 0.619. The Balaban J connectivity index is 1.92. The third kappa shape index (κ3) is 4.63. The molecule has 21 heavy (non-hydrogen) atoms. The summed E-state index contributed by atoms with van der Waals surface area (Å²) >= 11 is 0. The number of hydrogen-bond donors (Lipinski definition) is 2. The largest absolute Gasteiger partial charge is 0.416 e. The van der Waals surface area contributed by atoms with E-state index >= 15 is 0 Å². The van der Waals surface area contributed by atoms with Gasteiger partial charge in [0.2, 0.25) is 0 Å². The Hall–Kier alpha value is -1.23. The lowest BCUT2D eigenvalue weighted by atomic mass is 10.00. The van der Waals surface area contributed by atoms with Crippen molar-refractivity contribution >= 4 is 5.69 Å². The van der Waals surface area contributed by atoms with Crippen LogP contribution in [0.4, 0.5) is 18.9 Å². The normalized spacial score (nSPS) is 18.0. The van der Waals surface area contributed by atoms with Crippen molar-refractivity contribution in [3.8, 4) is 0 Å². The van der Waals surface area contributed by atoms with Gasteiger partial charge in [0.1, 0.15) is 0 Å². The number of benzene rings is 1. The van der Waals surface area contributed by atoms with Crippen LogP contribution < -0.4 is 5.32 Å². The Morgan fingerprint density at radius 1 is 1.29 bits per heavy atom. The summed E-state index contributed by atoms with van der Waals surface area (Å²) in [5.41, 5.74) is 0.521. The van der Waals surface area contributed by atoms with Crippen LogP contribution in [0.15, 0.2) is 18.2 Å². The van der Waals surface area contributed by atoms with E-state index < -0.39 is 17.8 Å². The molecule has 118 valence electrons. The topological polar surface area (TPSA) is 32.3 Å². The van der Waals surface area contributed by atoms with Crippen molar-refractivity contribution in [2.45, 2.75) is 51.3 Å². The minimum Gasteiger partial charge on any atom is -0.391 e.